The molecule has 0 saturated carbocycles. The van der Waals surface area contributed by atoms with Crippen molar-refractivity contribution in [3.63, 3.8) is 0 Å². The van der Waals surface area contributed by atoms with Gasteiger partial charge in [0.05, 0.1) is 23.4 Å². The van der Waals surface area contributed by atoms with Crippen molar-refractivity contribution < 1.29 is 14.3 Å². The molecule has 0 bridgehead atoms. The van der Waals surface area contributed by atoms with Crippen LogP contribution in [0.25, 0.3) is 11.3 Å². The van der Waals surface area contributed by atoms with E-state index in [1.54, 1.807) is 11.3 Å². The van der Waals surface area contributed by atoms with E-state index in [0.717, 1.165) is 21.8 Å². The van der Waals surface area contributed by atoms with E-state index in [-0.39, 0.29) is 17.4 Å². The summed E-state index contributed by atoms with van der Waals surface area (Å²) in [6.07, 6.45) is -0.340. The molecule has 3 aromatic rings. The summed E-state index contributed by atoms with van der Waals surface area (Å²) in [5.41, 5.74) is 4.10. The summed E-state index contributed by atoms with van der Waals surface area (Å²) in [6.45, 7) is 11.3. The number of aromatic nitrogens is 1. The lowest BCUT2D eigenvalue weighted by Crippen LogP contribution is -2.45. The van der Waals surface area contributed by atoms with Gasteiger partial charge in [0.1, 0.15) is 0 Å². The lowest BCUT2D eigenvalue weighted by Gasteiger charge is -2.44. The molecule has 0 aliphatic carbocycles. The number of nitrogens with zero attached hydrogens (tertiary/aromatic N) is 1. The van der Waals surface area contributed by atoms with Crippen molar-refractivity contribution in [3.8, 4) is 11.3 Å². The summed E-state index contributed by atoms with van der Waals surface area (Å²) in [6, 6.07) is 15.2. The Hall–Kier alpha value is -2.54. The quantitative estimate of drug-likeness (QED) is 0.484. The highest BCUT2D eigenvalue weighted by molar-refractivity contribution is 7.09. The normalized spacial score (nSPS) is 20.3. The fourth-order valence-corrected chi connectivity index (χ4v) is 4.84. The highest BCUT2D eigenvalue weighted by atomic mass is 32.1. The summed E-state index contributed by atoms with van der Waals surface area (Å²) in [4.78, 5) is 17.3. The standard InChI is InChI=1S/C26H30N2O3S/c1-16(2)23-26(4,5)15-30-25(31-23)20-7-6-8-21(13-20)28-24(29)19-11-9-18(10-12-19)22-14-32-17(3)27-22/h6-14,16,23,25H,15H2,1-5H3,(H,28,29)/t23-,25+/m0/s1. The van der Waals surface area contributed by atoms with Gasteiger partial charge in [-0.3, -0.25) is 4.79 Å². The van der Waals surface area contributed by atoms with Gasteiger partial charge in [-0.25, -0.2) is 4.98 Å². The molecule has 0 radical (unpaired) electrons. The Balaban J connectivity index is 1.45. The largest absolute Gasteiger partial charge is 0.348 e. The van der Waals surface area contributed by atoms with Crippen LogP contribution in [0.5, 0.6) is 0 Å². The number of hydrogen-bond acceptors (Lipinski definition) is 5. The van der Waals surface area contributed by atoms with Gasteiger partial charge in [-0.05, 0) is 37.1 Å². The minimum atomic E-state index is -0.437. The fourth-order valence-electron chi connectivity index (χ4n) is 4.22. The molecule has 5 nitrogen and oxygen atoms in total. The number of thiazole rings is 1. The van der Waals surface area contributed by atoms with Crippen molar-refractivity contribution in [1.82, 2.24) is 4.98 Å². The van der Waals surface area contributed by atoms with E-state index < -0.39 is 6.29 Å². The van der Waals surface area contributed by atoms with Crippen LogP contribution in [-0.4, -0.2) is 23.6 Å². The first kappa shape index (κ1) is 22.6. The molecule has 1 saturated heterocycles. The van der Waals surface area contributed by atoms with Gasteiger partial charge in [-0.15, -0.1) is 11.3 Å². The summed E-state index contributed by atoms with van der Waals surface area (Å²) in [5, 5.41) is 6.04. The number of benzene rings is 2. The number of carbonyl (C=O) groups excluding carboxylic acids is 1. The monoisotopic (exact) mass is 450 g/mol. The molecule has 2 aromatic carbocycles. The molecular formula is C26H30N2O3S. The number of rotatable bonds is 5. The first-order valence-corrected chi connectivity index (χ1v) is 11.8. The second-order valence-electron chi connectivity index (χ2n) is 9.34. The van der Waals surface area contributed by atoms with Gasteiger partial charge in [0.25, 0.3) is 5.91 Å². The third kappa shape index (κ3) is 4.93. The van der Waals surface area contributed by atoms with Gasteiger partial charge in [0, 0.05) is 33.2 Å². The van der Waals surface area contributed by atoms with Crippen molar-refractivity contribution >= 4 is 22.9 Å². The van der Waals surface area contributed by atoms with Crippen molar-refractivity contribution in [2.75, 3.05) is 11.9 Å². The molecule has 4 rings (SSSR count). The molecule has 1 aromatic heterocycles. The smallest absolute Gasteiger partial charge is 0.255 e. The zero-order valence-corrected chi connectivity index (χ0v) is 20.0. The van der Waals surface area contributed by atoms with Gasteiger partial charge < -0.3 is 14.8 Å². The Labute approximate surface area is 193 Å². The SMILES string of the molecule is Cc1nc(-c2ccc(C(=O)Nc3cccc([C@@H]4OCC(C)(C)[C@H](C(C)C)O4)c3)cc2)cs1. The molecule has 1 fully saturated rings. The Morgan fingerprint density at radius 2 is 1.94 bits per heavy atom. The van der Waals surface area contributed by atoms with Crippen LogP contribution in [0.15, 0.2) is 53.9 Å². The number of amides is 1. The lowest BCUT2D eigenvalue weighted by atomic mass is 9.80. The third-order valence-corrected chi connectivity index (χ3v) is 6.50. The summed E-state index contributed by atoms with van der Waals surface area (Å²) < 4.78 is 12.3. The Bertz CT molecular complexity index is 1090. The Morgan fingerprint density at radius 3 is 2.59 bits per heavy atom. The van der Waals surface area contributed by atoms with Gasteiger partial charge >= 0.3 is 0 Å². The molecule has 6 heteroatoms. The molecule has 1 N–H and O–H groups in total. The van der Waals surface area contributed by atoms with Crippen LogP contribution in [-0.2, 0) is 9.47 Å². The predicted octanol–water partition coefficient (Wildman–Crippen LogP) is 6.47. The van der Waals surface area contributed by atoms with E-state index >= 15 is 0 Å². The van der Waals surface area contributed by atoms with E-state index in [4.69, 9.17) is 9.47 Å². The zero-order valence-electron chi connectivity index (χ0n) is 19.2. The van der Waals surface area contributed by atoms with E-state index in [2.05, 4.69) is 38.0 Å². The molecule has 1 amide bonds. The molecule has 32 heavy (non-hydrogen) atoms. The third-order valence-electron chi connectivity index (χ3n) is 5.73. The summed E-state index contributed by atoms with van der Waals surface area (Å²) >= 11 is 1.62. The topological polar surface area (TPSA) is 60.5 Å². The van der Waals surface area contributed by atoms with Gasteiger partial charge in [0.15, 0.2) is 6.29 Å². The number of ether oxygens (including phenoxy) is 2. The number of nitrogens with one attached hydrogen (secondary N) is 1. The van der Waals surface area contributed by atoms with E-state index in [1.807, 2.05) is 60.8 Å². The highest BCUT2D eigenvalue weighted by Gasteiger charge is 2.40. The van der Waals surface area contributed by atoms with Crippen LogP contribution in [0.1, 0.15) is 54.9 Å². The van der Waals surface area contributed by atoms with E-state index in [9.17, 15) is 4.79 Å². The van der Waals surface area contributed by atoms with Crippen LogP contribution >= 0.6 is 11.3 Å². The molecule has 2 atom stereocenters. The Kier molecular flexibility index (Phi) is 6.47. The molecule has 168 valence electrons. The van der Waals surface area contributed by atoms with Gasteiger partial charge in [-0.1, -0.05) is 52.0 Å². The minimum absolute atomic E-state index is 0.0418. The lowest BCUT2D eigenvalue weighted by molar-refractivity contribution is -0.274. The van der Waals surface area contributed by atoms with Crippen LogP contribution < -0.4 is 5.32 Å². The number of carbonyl (C=O) groups is 1. The molecule has 2 heterocycles. The predicted molar refractivity (Wildman–Crippen MR) is 129 cm³/mol. The average Bonchev–Trinajstić information content (AvgIpc) is 3.20. The molecule has 1 aliphatic rings. The second-order valence-corrected chi connectivity index (χ2v) is 10.4. The maximum absolute atomic E-state index is 12.8. The number of hydrogen-bond donors (Lipinski definition) is 1. The maximum Gasteiger partial charge on any atom is 0.255 e. The number of aryl methyl sites for hydroxylation is 1. The van der Waals surface area contributed by atoms with Crippen LogP contribution in [0.3, 0.4) is 0 Å². The highest BCUT2D eigenvalue weighted by Crippen LogP contribution is 2.40. The number of anilines is 1. The maximum atomic E-state index is 12.8. The van der Waals surface area contributed by atoms with Gasteiger partial charge in [-0.2, -0.15) is 0 Å². The second kappa shape index (κ2) is 9.14. The first-order chi connectivity index (χ1) is 15.2. The Morgan fingerprint density at radius 1 is 1.19 bits per heavy atom. The summed E-state index contributed by atoms with van der Waals surface area (Å²) in [7, 11) is 0. The van der Waals surface area contributed by atoms with Gasteiger partial charge in [0.2, 0.25) is 0 Å². The van der Waals surface area contributed by atoms with E-state index in [0.29, 0.717) is 23.8 Å². The van der Waals surface area contributed by atoms with Crippen molar-refractivity contribution in [2.24, 2.45) is 11.3 Å². The van der Waals surface area contributed by atoms with Crippen LogP contribution in [0, 0.1) is 18.3 Å². The van der Waals surface area contributed by atoms with Crippen molar-refractivity contribution in [1.29, 1.82) is 0 Å². The van der Waals surface area contributed by atoms with Crippen molar-refractivity contribution in [2.45, 2.75) is 47.0 Å². The average molecular weight is 451 g/mol. The minimum Gasteiger partial charge on any atom is -0.348 e. The molecule has 0 unspecified atom stereocenters. The van der Waals surface area contributed by atoms with Crippen LogP contribution in [0.4, 0.5) is 5.69 Å². The molecule has 1 aliphatic heterocycles. The zero-order chi connectivity index (χ0) is 22.9. The van der Waals surface area contributed by atoms with E-state index in [1.165, 1.54) is 0 Å². The van der Waals surface area contributed by atoms with Crippen LogP contribution in [0.2, 0.25) is 0 Å². The fraction of sp³-hybridized carbons (Fsp3) is 0.385. The first-order valence-electron chi connectivity index (χ1n) is 10.9. The molecular weight excluding hydrogens is 420 g/mol. The summed E-state index contributed by atoms with van der Waals surface area (Å²) in [5.74, 6) is 0.227. The molecule has 0 spiro atoms. The van der Waals surface area contributed by atoms with Crippen molar-refractivity contribution in [3.05, 3.63) is 70.0 Å².